The molecular formula is C20H21Br3O6. The standard InChI is InChI=1S/C10H10Br2O3.C10H11BrO3/c1-15-9(13)3-2-6-4-7(11)10(14)8(12)5-6;1-14-10(13)5-3-7-2-4-9(12)8(11)6-7/h4-5,14H,2-3H2,1H3;2,4,6,12H,3,5H2,1H3. The third-order valence-corrected chi connectivity index (χ3v) is 5.62. The SMILES string of the molecule is COC(=O)CCc1cc(Br)c(O)c(Br)c1.COC(=O)CCc1ccc(O)c(Br)c1. The summed E-state index contributed by atoms with van der Waals surface area (Å²) in [6.07, 6.45) is 1.89. The van der Waals surface area contributed by atoms with Crippen molar-refractivity contribution in [2.45, 2.75) is 25.7 Å². The number of rotatable bonds is 6. The first-order valence-electron chi connectivity index (χ1n) is 8.45. The van der Waals surface area contributed by atoms with Crippen molar-refractivity contribution in [2.75, 3.05) is 14.2 Å². The van der Waals surface area contributed by atoms with Crippen LogP contribution in [0.1, 0.15) is 24.0 Å². The molecule has 29 heavy (non-hydrogen) atoms. The van der Waals surface area contributed by atoms with E-state index in [1.54, 1.807) is 30.3 Å². The third-order valence-electron chi connectivity index (χ3n) is 3.78. The Balaban J connectivity index is 0.000000291. The van der Waals surface area contributed by atoms with E-state index >= 15 is 0 Å². The van der Waals surface area contributed by atoms with E-state index in [9.17, 15) is 19.8 Å². The van der Waals surface area contributed by atoms with E-state index in [0.29, 0.717) is 39.1 Å². The number of benzene rings is 2. The van der Waals surface area contributed by atoms with Crippen molar-refractivity contribution < 1.29 is 29.3 Å². The zero-order valence-electron chi connectivity index (χ0n) is 15.9. The van der Waals surface area contributed by atoms with E-state index in [-0.39, 0.29) is 23.4 Å². The Bertz CT molecular complexity index is 831. The van der Waals surface area contributed by atoms with Crippen LogP contribution in [-0.2, 0) is 31.9 Å². The minimum atomic E-state index is -0.240. The lowest BCUT2D eigenvalue weighted by Gasteiger charge is -2.05. The van der Waals surface area contributed by atoms with Crippen molar-refractivity contribution in [1.82, 2.24) is 0 Å². The first kappa shape index (κ1) is 25.5. The molecule has 0 aliphatic rings. The molecule has 0 amide bonds. The van der Waals surface area contributed by atoms with Crippen molar-refractivity contribution in [2.24, 2.45) is 0 Å². The molecule has 9 heteroatoms. The number of halogens is 3. The van der Waals surface area contributed by atoms with Crippen molar-refractivity contribution in [1.29, 1.82) is 0 Å². The van der Waals surface area contributed by atoms with Gasteiger partial charge in [0.05, 0.1) is 27.6 Å². The van der Waals surface area contributed by atoms with E-state index < -0.39 is 0 Å². The second kappa shape index (κ2) is 12.9. The Kier molecular flexibility index (Phi) is 11.3. The number of ether oxygens (including phenoxy) is 2. The second-order valence-corrected chi connectivity index (χ2v) is 8.41. The molecule has 6 nitrogen and oxygen atoms in total. The number of aryl methyl sites for hydroxylation is 2. The molecule has 0 atom stereocenters. The fraction of sp³-hybridized carbons (Fsp3) is 0.300. The summed E-state index contributed by atoms with van der Waals surface area (Å²) in [4.78, 5) is 21.8. The van der Waals surface area contributed by atoms with Gasteiger partial charge in [-0.25, -0.2) is 0 Å². The predicted octanol–water partition coefficient (Wildman–Crippen LogP) is 5.28. The molecule has 0 aliphatic heterocycles. The Hall–Kier alpha value is -1.58. The molecule has 0 saturated carbocycles. The van der Waals surface area contributed by atoms with Gasteiger partial charge >= 0.3 is 11.9 Å². The van der Waals surface area contributed by atoms with E-state index in [1.807, 2.05) is 0 Å². The molecule has 0 bridgehead atoms. The lowest BCUT2D eigenvalue weighted by Crippen LogP contribution is -2.01. The number of methoxy groups -OCH3 is 2. The van der Waals surface area contributed by atoms with Crippen molar-refractivity contribution >= 4 is 59.7 Å². The largest absolute Gasteiger partial charge is 0.507 e. The molecule has 0 radical (unpaired) electrons. The smallest absolute Gasteiger partial charge is 0.305 e. The van der Waals surface area contributed by atoms with Gasteiger partial charge in [-0.3, -0.25) is 9.59 Å². The molecule has 0 aliphatic carbocycles. The molecule has 0 heterocycles. The van der Waals surface area contributed by atoms with Gasteiger partial charge in [-0.15, -0.1) is 0 Å². The minimum Gasteiger partial charge on any atom is -0.507 e. The maximum Gasteiger partial charge on any atom is 0.305 e. The van der Waals surface area contributed by atoms with Crippen LogP contribution in [0.25, 0.3) is 0 Å². The van der Waals surface area contributed by atoms with E-state index in [1.165, 1.54) is 14.2 Å². The maximum absolute atomic E-state index is 10.9. The highest BCUT2D eigenvalue weighted by atomic mass is 79.9. The third kappa shape index (κ3) is 9.18. The summed E-state index contributed by atoms with van der Waals surface area (Å²) >= 11 is 9.65. The van der Waals surface area contributed by atoms with Crippen molar-refractivity contribution in [3.05, 3.63) is 54.9 Å². The lowest BCUT2D eigenvalue weighted by molar-refractivity contribution is -0.141. The Morgan fingerprint density at radius 2 is 1.24 bits per heavy atom. The van der Waals surface area contributed by atoms with Crippen LogP contribution in [0.3, 0.4) is 0 Å². The zero-order chi connectivity index (χ0) is 22.0. The van der Waals surface area contributed by atoms with Crippen LogP contribution in [-0.4, -0.2) is 36.4 Å². The second-order valence-electron chi connectivity index (χ2n) is 5.85. The summed E-state index contributed by atoms with van der Waals surface area (Å²) in [5.41, 5.74) is 1.94. The normalized spacial score (nSPS) is 9.97. The summed E-state index contributed by atoms with van der Waals surface area (Å²) in [5.74, 6) is -0.104. The molecule has 0 saturated heterocycles. The number of phenolic OH excluding ortho intramolecular Hbond substituents is 2. The van der Waals surface area contributed by atoms with Crippen LogP contribution in [0.15, 0.2) is 43.7 Å². The molecule has 2 aromatic rings. The van der Waals surface area contributed by atoms with Crippen LogP contribution in [0.2, 0.25) is 0 Å². The van der Waals surface area contributed by atoms with Gasteiger partial charge < -0.3 is 19.7 Å². The van der Waals surface area contributed by atoms with E-state index in [2.05, 4.69) is 57.3 Å². The Labute approximate surface area is 194 Å². The molecule has 0 spiro atoms. The van der Waals surface area contributed by atoms with Crippen LogP contribution in [0.4, 0.5) is 0 Å². The number of aromatic hydroxyl groups is 2. The monoisotopic (exact) mass is 594 g/mol. The summed E-state index contributed by atoms with van der Waals surface area (Å²) in [7, 11) is 2.74. The minimum absolute atomic E-state index is 0.164. The summed E-state index contributed by atoms with van der Waals surface area (Å²) in [6.45, 7) is 0. The van der Waals surface area contributed by atoms with Gasteiger partial charge in [0, 0.05) is 12.8 Å². The first-order valence-corrected chi connectivity index (χ1v) is 10.8. The van der Waals surface area contributed by atoms with Crippen LogP contribution in [0, 0.1) is 0 Å². The van der Waals surface area contributed by atoms with Crippen LogP contribution < -0.4 is 0 Å². The van der Waals surface area contributed by atoms with Gasteiger partial charge in [0.15, 0.2) is 0 Å². The Morgan fingerprint density at radius 3 is 1.69 bits per heavy atom. The first-order chi connectivity index (χ1) is 13.7. The quantitative estimate of drug-likeness (QED) is 0.441. The number of phenols is 2. The average Bonchev–Trinajstić information content (AvgIpc) is 2.71. The number of esters is 2. The zero-order valence-corrected chi connectivity index (χ0v) is 20.6. The van der Waals surface area contributed by atoms with Gasteiger partial charge in [0.1, 0.15) is 11.5 Å². The maximum atomic E-state index is 10.9. The number of carbonyl (C=O) groups excluding carboxylic acids is 2. The fourth-order valence-electron chi connectivity index (χ4n) is 2.17. The molecule has 2 rings (SSSR count). The predicted molar refractivity (Wildman–Crippen MR) is 120 cm³/mol. The number of hydrogen-bond acceptors (Lipinski definition) is 6. The van der Waals surface area contributed by atoms with Gasteiger partial charge in [0.25, 0.3) is 0 Å². The highest BCUT2D eigenvalue weighted by molar-refractivity contribution is 9.11. The van der Waals surface area contributed by atoms with Gasteiger partial charge in [-0.1, -0.05) is 6.07 Å². The van der Waals surface area contributed by atoms with Crippen molar-refractivity contribution in [3.63, 3.8) is 0 Å². The summed E-state index contributed by atoms with van der Waals surface area (Å²) in [5, 5.41) is 18.7. The molecule has 2 aromatic carbocycles. The highest BCUT2D eigenvalue weighted by Crippen LogP contribution is 2.33. The van der Waals surface area contributed by atoms with Crippen molar-refractivity contribution in [3.8, 4) is 11.5 Å². The summed E-state index contributed by atoms with van der Waals surface area (Å²) in [6, 6.07) is 8.73. The molecule has 2 N–H and O–H groups in total. The van der Waals surface area contributed by atoms with Gasteiger partial charge in [-0.05, 0) is 96.0 Å². The average molecular weight is 597 g/mol. The fourth-order valence-corrected chi connectivity index (χ4v) is 3.87. The van der Waals surface area contributed by atoms with Gasteiger partial charge in [0.2, 0.25) is 0 Å². The molecule has 0 fully saturated rings. The van der Waals surface area contributed by atoms with Crippen LogP contribution >= 0.6 is 47.8 Å². The Morgan fingerprint density at radius 1 is 0.793 bits per heavy atom. The van der Waals surface area contributed by atoms with E-state index in [0.717, 1.165) is 11.1 Å². The molecular weight excluding hydrogens is 576 g/mol. The molecule has 0 aromatic heterocycles. The number of hydrogen-bond donors (Lipinski definition) is 2. The van der Waals surface area contributed by atoms with Gasteiger partial charge in [-0.2, -0.15) is 0 Å². The molecule has 158 valence electrons. The van der Waals surface area contributed by atoms with Crippen LogP contribution in [0.5, 0.6) is 11.5 Å². The molecule has 0 unspecified atom stereocenters. The highest BCUT2D eigenvalue weighted by Gasteiger charge is 2.08. The lowest BCUT2D eigenvalue weighted by atomic mass is 10.1. The van der Waals surface area contributed by atoms with E-state index in [4.69, 9.17) is 0 Å². The topological polar surface area (TPSA) is 93.1 Å². The number of carbonyl (C=O) groups is 2. The summed E-state index contributed by atoms with van der Waals surface area (Å²) < 4.78 is 10.9.